The molecule has 0 heterocycles. The number of thiocarbonyl (C=S) groups is 1. The standard InChI is InChI=1S/C18H17BrClNO3S2/c1-24-10-18(17(21)25)15(11-2-4-12(19)5-3-11)16(18)26(22,23)14-8-6-13(20)7-9-14/h2-9,15-16H,10H2,1H3,(H2,21,25)/t15-,16-,18+/m0/s1. The molecule has 2 aromatic rings. The van der Waals surface area contributed by atoms with E-state index < -0.39 is 20.5 Å². The second-order valence-electron chi connectivity index (χ2n) is 6.29. The quantitative estimate of drug-likeness (QED) is 0.642. The van der Waals surface area contributed by atoms with Crippen LogP contribution in [0.1, 0.15) is 11.5 Å². The third-order valence-corrected chi connectivity index (χ3v) is 8.26. The largest absolute Gasteiger partial charge is 0.393 e. The van der Waals surface area contributed by atoms with E-state index in [0.29, 0.717) is 5.02 Å². The zero-order valence-corrected chi connectivity index (χ0v) is 17.8. The van der Waals surface area contributed by atoms with E-state index in [1.54, 1.807) is 12.1 Å². The summed E-state index contributed by atoms with van der Waals surface area (Å²) >= 11 is 14.6. The molecule has 2 aromatic carbocycles. The Bertz CT molecular complexity index is 932. The monoisotopic (exact) mass is 473 g/mol. The minimum absolute atomic E-state index is 0.139. The average molecular weight is 475 g/mol. The Morgan fingerprint density at radius 3 is 2.31 bits per heavy atom. The highest BCUT2D eigenvalue weighted by Crippen LogP contribution is 2.64. The molecule has 4 nitrogen and oxygen atoms in total. The van der Waals surface area contributed by atoms with Gasteiger partial charge in [0.15, 0.2) is 9.84 Å². The Morgan fingerprint density at radius 1 is 1.23 bits per heavy atom. The number of benzene rings is 2. The summed E-state index contributed by atoms with van der Waals surface area (Å²) < 4.78 is 32.9. The summed E-state index contributed by atoms with van der Waals surface area (Å²) in [5.41, 5.74) is 5.95. The summed E-state index contributed by atoms with van der Waals surface area (Å²) in [7, 11) is -2.17. The van der Waals surface area contributed by atoms with E-state index >= 15 is 0 Å². The molecule has 0 spiro atoms. The van der Waals surface area contributed by atoms with Gasteiger partial charge in [0, 0.05) is 22.5 Å². The van der Waals surface area contributed by atoms with E-state index in [9.17, 15) is 8.42 Å². The Morgan fingerprint density at radius 2 is 1.81 bits per heavy atom. The van der Waals surface area contributed by atoms with Gasteiger partial charge in [0.1, 0.15) is 0 Å². The molecule has 0 radical (unpaired) electrons. The molecule has 0 saturated heterocycles. The molecule has 0 bridgehead atoms. The highest BCUT2D eigenvalue weighted by atomic mass is 79.9. The van der Waals surface area contributed by atoms with Crippen LogP contribution in [0.25, 0.3) is 0 Å². The Kier molecular flexibility index (Phi) is 5.48. The summed E-state index contributed by atoms with van der Waals surface area (Å²) in [5.74, 6) is -0.367. The van der Waals surface area contributed by atoms with Crippen molar-refractivity contribution in [2.24, 2.45) is 11.1 Å². The molecule has 26 heavy (non-hydrogen) atoms. The fraction of sp³-hybridized carbons (Fsp3) is 0.278. The maximum absolute atomic E-state index is 13.3. The van der Waals surface area contributed by atoms with Crippen molar-refractivity contribution in [1.29, 1.82) is 0 Å². The number of halogens is 2. The van der Waals surface area contributed by atoms with Crippen molar-refractivity contribution in [3.8, 4) is 0 Å². The summed E-state index contributed by atoms with van der Waals surface area (Å²) in [5, 5.41) is -0.309. The van der Waals surface area contributed by atoms with E-state index in [-0.39, 0.29) is 22.4 Å². The molecule has 1 aliphatic rings. The van der Waals surface area contributed by atoms with Gasteiger partial charge in [-0.15, -0.1) is 0 Å². The van der Waals surface area contributed by atoms with Gasteiger partial charge in [-0.05, 0) is 42.0 Å². The number of nitrogens with two attached hydrogens (primary N) is 1. The highest BCUT2D eigenvalue weighted by Gasteiger charge is 2.73. The number of hydrogen-bond acceptors (Lipinski definition) is 4. The van der Waals surface area contributed by atoms with E-state index in [1.165, 1.54) is 19.2 Å². The van der Waals surface area contributed by atoms with Crippen molar-refractivity contribution < 1.29 is 13.2 Å². The van der Waals surface area contributed by atoms with Gasteiger partial charge >= 0.3 is 0 Å². The molecule has 8 heteroatoms. The van der Waals surface area contributed by atoms with Crippen molar-refractivity contribution >= 4 is 54.6 Å². The Labute approximate surface area is 171 Å². The normalized spacial score (nSPS) is 25.0. The van der Waals surface area contributed by atoms with Gasteiger partial charge in [-0.25, -0.2) is 8.42 Å². The van der Waals surface area contributed by atoms with E-state index in [1.807, 2.05) is 24.3 Å². The lowest BCUT2D eigenvalue weighted by Crippen LogP contribution is -2.33. The molecule has 0 amide bonds. The van der Waals surface area contributed by atoms with Crippen LogP contribution < -0.4 is 5.73 Å². The van der Waals surface area contributed by atoms with Gasteiger partial charge in [-0.3, -0.25) is 0 Å². The average Bonchev–Trinajstić information content (AvgIpc) is 3.27. The van der Waals surface area contributed by atoms with Crippen LogP contribution in [0.4, 0.5) is 0 Å². The van der Waals surface area contributed by atoms with Gasteiger partial charge in [-0.2, -0.15) is 0 Å². The molecule has 138 valence electrons. The number of sulfone groups is 1. The Hall–Kier alpha value is -0.990. The molecule has 1 fully saturated rings. The van der Waals surface area contributed by atoms with Gasteiger partial charge in [0.05, 0.1) is 27.2 Å². The number of rotatable bonds is 6. The summed E-state index contributed by atoms with van der Waals surface area (Å²) in [6.07, 6.45) is 0. The first-order valence-electron chi connectivity index (χ1n) is 7.79. The van der Waals surface area contributed by atoms with Crippen molar-refractivity contribution in [2.45, 2.75) is 16.1 Å². The fourth-order valence-electron chi connectivity index (χ4n) is 3.55. The van der Waals surface area contributed by atoms with Gasteiger partial charge in [-0.1, -0.05) is 51.9 Å². The zero-order chi connectivity index (χ0) is 19.1. The second-order valence-corrected chi connectivity index (χ2v) is 10.1. The third kappa shape index (κ3) is 3.20. The highest BCUT2D eigenvalue weighted by molar-refractivity contribution is 9.10. The smallest absolute Gasteiger partial charge is 0.182 e. The van der Waals surface area contributed by atoms with Crippen molar-refractivity contribution in [1.82, 2.24) is 0 Å². The van der Waals surface area contributed by atoms with Crippen LogP contribution in [0.5, 0.6) is 0 Å². The number of methoxy groups -OCH3 is 1. The predicted molar refractivity (Wildman–Crippen MR) is 110 cm³/mol. The molecular weight excluding hydrogens is 458 g/mol. The molecule has 0 unspecified atom stereocenters. The molecule has 2 N–H and O–H groups in total. The first-order chi connectivity index (χ1) is 12.2. The van der Waals surface area contributed by atoms with Crippen LogP contribution in [-0.2, 0) is 14.6 Å². The topological polar surface area (TPSA) is 69.4 Å². The van der Waals surface area contributed by atoms with Gasteiger partial charge in [0.25, 0.3) is 0 Å². The minimum atomic E-state index is -3.68. The van der Waals surface area contributed by atoms with Crippen molar-refractivity contribution in [2.75, 3.05) is 13.7 Å². The first kappa shape index (κ1) is 19.8. The van der Waals surface area contributed by atoms with Gasteiger partial charge in [0.2, 0.25) is 0 Å². The van der Waals surface area contributed by atoms with Crippen LogP contribution >= 0.6 is 39.7 Å². The van der Waals surface area contributed by atoms with E-state index in [0.717, 1.165) is 10.0 Å². The summed E-state index contributed by atoms with van der Waals surface area (Å²) in [4.78, 5) is 0.345. The van der Waals surface area contributed by atoms with E-state index in [2.05, 4.69) is 15.9 Å². The van der Waals surface area contributed by atoms with E-state index in [4.69, 9.17) is 34.3 Å². The maximum atomic E-state index is 13.3. The zero-order valence-electron chi connectivity index (χ0n) is 13.9. The predicted octanol–water partition coefficient (Wildman–Crippen LogP) is 3.96. The molecule has 3 rings (SSSR count). The summed E-state index contributed by atoms with van der Waals surface area (Å²) in [6, 6.07) is 13.6. The molecule has 0 aliphatic heterocycles. The molecule has 1 aliphatic carbocycles. The molecule has 3 atom stereocenters. The minimum Gasteiger partial charge on any atom is -0.393 e. The summed E-state index contributed by atoms with van der Waals surface area (Å²) in [6.45, 7) is 0.139. The van der Waals surface area contributed by atoms with Crippen LogP contribution in [0.15, 0.2) is 57.9 Å². The van der Waals surface area contributed by atoms with Gasteiger partial charge < -0.3 is 10.5 Å². The van der Waals surface area contributed by atoms with Crippen molar-refractivity contribution in [3.63, 3.8) is 0 Å². The first-order valence-corrected chi connectivity index (χ1v) is 10.9. The lowest BCUT2D eigenvalue weighted by atomic mass is 10.00. The van der Waals surface area contributed by atoms with Crippen LogP contribution in [0, 0.1) is 5.41 Å². The SMILES string of the molecule is COC[C@@]1(C(N)=S)[C@@H](c2ccc(Br)cc2)[C@@H]1S(=O)(=O)c1ccc(Cl)cc1. The number of hydrogen-bond donors (Lipinski definition) is 1. The lowest BCUT2D eigenvalue weighted by molar-refractivity contribution is 0.166. The fourth-order valence-corrected chi connectivity index (χ4v) is 6.71. The van der Waals surface area contributed by atoms with Crippen LogP contribution in [-0.4, -0.2) is 32.4 Å². The Balaban J connectivity index is 2.11. The molecule has 0 aromatic heterocycles. The van der Waals surface area contributed by atoms with Crippen LogP contribution in [0.2, 0.25) is 5.02 Å². The molecular formula is C18H17BrClNO3S2. The lowest BCUT2D eigenvalue weighted by Gasteiger charge is -2.16. The maximum Gasteiger partial charge on any atom is 0.182 e. The van der Waals surface area contributed by atoms with Crippen LogP contribution in [0.3, 0.4) is 0 Å². The van der Waals surface area contributed by atoms with Crippen molar-refractivity contribution in [3.05, 3.63) is 63.6 Å². The second kappa shape index (κ2) is 7.20. The third-order valence-electron chi connectivity index (χ3n) is 4.80. The molecule has 1 saturated carbocycles. The number of ether oxygens (including phenoxy) is 1.